The number of para-hydroxylation sites is 1. The molecular weight excluding hydrogens is 477 g/mol. The van der Waals surface area contributed by atoms with E-state index in [0.29, 0.717) is 28.1 Å². The van der Waals surface area contributed by atoms with E-state index in [1.54, 1.807) is 12.4 Å². The number of carbonyl (C=O) groups is 1. The zero-order chi connectivity index (χ0) is 25.0. The fraction of sp³-hybridized carbons (Fsp3) is 0.138. The molecule has 0 aliphatic rings. The summed E-state index contributed by atoms with van der Waals surface area (Å²) in [5.41, 5.74) is 6.11. The van der Waals surface area contributed by atoms with E-state index in [1.807, 2.05) is 69.3 Å². The smallest absolute Gasteiger partial charge is 0.545 e. The number of nitrogens with zero attached hydrogens (tertiary/aromatic N) is 2. The molecule has 0 amide bonds. The number of carboxylic acids is 1. The van der Waals surface area contributed by atoms with Gasteiger partial charge in [0.05, 0.1) is 34.2 Å². The number of carboxylic acid groups (broad SMARTS) is 1. The first-order valence-electron chi connectivity index (χ1n) is 11.6. The number of imidazole rings is 1. The molecule has 0 aliphatic carbocycles. The van der Waals surface area contributed by atoms with Crippen molar-refractivity contribution in [1.29, 1.82) is 0 Å². The number of benzene rings is 3. The maximum absolute atomic E-state index is 12.4. The van der Waals surface area contributed by atoms with Gasteiger partial charge in [0.1, 0.15) is 23.1 Å². The molecule has 0 saturated carbocycles. The van der Waals surface area contributed by atoms with Gasteiger partial charge in [0, 0.05) is 16.5 Å². The molecule has 37 heavy (non-hydrogen) atoms. The molecular formula is C29H22N3NaO4. The van der Waals surface area contributed by atoms with Crippen molar-refractivity contribution < 1.29 is 48.6 Å². The van der Waals surface area contributed by atoms with Gasteiger partial charge in [-0.1, -0.05) is 30.3 Å². The number of furan rings is 1. The molecule has 0 saturated heterocycles. The molecule has 0 aliphatic heterocycles. The van der Waals surface area contributed by atoms with Crippen molar-refractivity contribution in [2.45, 2.75) is 26.9 Å². The fourth-order valence-corrected chi connectivity index (χ4v) is 4.70. The molecule has 6 rings (SSSR count). The van der Waals surface area contributed by atoms with Gasteiger partial charge in [-0.15, -0.1) is 0 Å². The van der Waals surface area contributed by atoms with Crippen LogP contribution in [0.5, 0.6) is 5.75 Å². The second-order valence-electron chi connectivity index (χ2n) is 8.94. The zero-order valence-corrected chi connectivity index (χ0v) is 23.0. The van der Waals surface area contributed by atoms with E-state index in [0.717, 1.165) is 38.7 Å². The molecule has 0 fully saturated rings. The Morgan fingerprint density at radius 2 is 1.89 bits per heavy atom. The molecule has 178 valence electrons. The molecule has 8 heteroatoms. The van der Waals surface area contributed by atoms with E-state index in [1.165, 1.54) is 6.07 Å². The number of fused-ring (bicyclic) bond motifs is 3. The standard InChI is InChI=1S/C29H23N3O4.Na/c1-15-8-11-25(35-17(3)18-9-10-21-22(12-18)31-14-30-21)26-20(29(33)34)13-23(32-27(15)26)28-16(2)19-6-4-5-7-24(19)36-28;/h4-14,17H,1-3H3,(H,30,31)(H,33,34);/q;+1/p-1. The second kappa shape index (κ2) is 9.67. The van der Waals surface area contributed by atoms with Crippen LogP contribution in [0.1, 0.15) is 40.1 Å². The van der Waals surface area contributed by atoms with Crippen molar-refractivity contribution >= 4 is 38.9 Å². The molecule has 3 aromatic heterocycles. The van der Waals surface area contributed by atoms with Crippen LogP contribution in [-0.4, -0.2) is 20.9 Å². The summed E-state index contributed by atoms with van der Waals surface area (Å²) < 4.78 is 12.4. The van der Waals surface area contributed by atoms with Gasteiger partial charge in [0.2, 0.25) is 0 Å². The van der Waals surface area contributed by atoms with Gasteiger partial charge >= 0.3 is 29.6 Å². The van der Waals surface area contributed by atoms with E-state index in [-0.39, 0.29) is 41.2 Å². The Morgan fingerprint density at radius 3 is 2.68 bits per heavy atom. The van der Waals surface area contributed by atoms with Gasteiger partial charge in [-0.25, -0.2) is 9.97 Å². The van der Waals surface area contributed by atoms with Crippen molar-refractivity contribution in [3.8, 4) is 17.2 Å². The average Bonchev–Trinajstić information content (AvgIpc) is 3.49. The third-order valence-electron chi connectivity index (χ3n) is 6.64. The SMILES string of the molecule is Cc1c(-c2cc(C(=O)[O-])c3c(OC(C)c4ccc5nc[nH]c5c4)ccc(C)c3n2)oc2ccccc12.[Na+]. The molecule has 1 atom stereocenters. The molecule has 3 aromatic carbocycles. The van der Waals surface area contributed by atoms with Crippen LogP contribution in [0.15, 0.2) is 71.4 Å². The number of hydrogen-bond acceptors (Lipinski definition) is 6. The number of aromatic nitrogens is 3. The van der Waals surface area contributed by atoms with Crippen LogP contribution < -0.4 is 39.4 Å². The summed E-state index contributed by atoms with van der Waals surface area (Å²) in [7, 11) is 0. The summed E-state index contributed by atoms with van der Waals surface area (Å²) in [4.78, 5) is 24.6. The van der Waals surface area contributed by atoms with Gasteiger partial charge < -0.3 is 24.0 Å². The molecule has 1 unspecified atom stereocenters. The minimum absolute atomic E-state index is 0. The van der Waals surface area contributed by atoms with Crippen molar-refractivity contribution in [3.05, 3.63) is 89.2 Å². The fourth-order valence-electron chi connectivity index (χ4n) is 4.70. The Morgan fingerprint density at radius 1 is 1.08 bits per heavy atom. The molecule has 1 N–H and O–H groups in total. The summed E-state index contributed by atoms with van der Waals surface area (Å²) >= 11 is 0. The van der Waals surface area contributed by atoms with Crippen LogP contribution in [0.4, 0.5) is 0 Å². The summed E-state index contributed by atoms with van der Waals surface area (Å²) in [6.45, 7) is 5.75. The monoisotopic (exact) mass is 499 g/mol. The number of aromatic carboxylic acids is 1. The first-order chi connectivity index (χ1) is 17.4. The summed E-state index contributed by atoms with van der Waals surface area (Å²) in [6, 6.07) is 18.7. The third-order valence-corrected chi connectivity index (χ3v) is 6.64. The Kier molecular flexibility index (Phi) is 6.54. The Balaban J connectivity index is 0.00000280. The number of aromatic amines is 1. The Hall–Kier alpha value is -3.65. The van der Waals surface area contributed by atoms with Crippen molar-refractivity contribution in [1.82, 2.24) is 15.0 Å². The number of carbonyl (C=O) groups excluding carboxylic acids is 1. The Labute approximate surface area is 234 Å². The topological polar surface area (TPSA) is 104 Å². The summed E-state index contributed by atoms with van der Waals surface area (Å²) in [6.07, 6.45) is 1.29. The van der Waals surface area contributed by atoms with Crippen molar-refractivity contribution in [2.75, 3.05) is 0 Å². The van der Waals surface area contributed by atoms with Gasteiger partial charge in [0.15, 0.2) is 5.76 Å². The van der Waals surface area contributed by atoms with Crippen LogP contribution in [0.25, 0.3) is 44.4 Å². The molecule has 0 radical (unpaired) electrons. The third kappa shape index (κ3) is 4.29. The minimum atomic E-state index is -1.31. The van der Waals surface area contributed by atoms with E-state index < -0.39 is 5.97 Å². The van der Waals surface area contributed by atoms with Gasteiger partial charge in [-0.05, 0) is 62.2 Å². The number of aryl methyl sites for hydroxylation is 2. The molecule has 0 bridgehead atoms. The van der Waals surface area contributed by atoms with Gasteiger partial charge in [-0.3, -0.25) is 0 Å². The maximum Gasteiger partial charge on any atom is 1.00 e. The first kappa shape index (κ1) is 25.0. The average molecular weight is 500 g/mol. The van der Waals surface area contributed by atoms with Crippen LogP contribution in [-0.2, 0) is 0 Å². The maximum atomic E-state index is 12.4. The number of H-pyrrole nitrogens is 1. The van der Waals surface area contributed by atoms with Crippen LogP contribution in [0.3, 0.4) is 0 Å². The molecule has 6 aromatic rings. The van der Waals surface area contributed by atoms with Crippen molar-refractivity contribution in [3.63, 3.8) is 0 Å². The van der Waals surface area contributed by atoms with Gasteiger partial charge in [-0.2, -0.15) is 0 Å². The largest absolute Gasteiger partial charge is 1.00 e. The summed E-state index contributed by atoms with van der Waals surface area (Å²) in [5.74, 6) is -0.348. The van der Waals surface area contributed by atoms with Crippen LogP contribution in [0, 0.1) is 13.8 Å². The quantitative estimate of drug-likeness (QED) is 0.366. The number of nitrogens with one attached hydrogen (secondary N) is 1. The number of hydrogen-bond donors (Lipinski definition) is 1. The minimum Gasteiger partial charge on any atom is -0.545 e. The van der Waals surface area contributed by atoms with E-state index in [2.05, 4.69) is 9.97 Å². The molecule has 3 heterocycles. The van der Waals surface area contributed by atoms with Gasteiger partial charge in [0.25, 0.3) is 0 Å². The van der Waals surface area contributed by atoms with Crippen molar-refractivity contribution in [2.24, 2.45) is 0 Å². The number of ether oxygens (including phenoxy) is 1. The second-order valence-corrected chi connectivity index (χ2v) is 8.94. The normalized spacial score (nSPS) is 12.1. The van der Waals surface area contributed by atoms with E-state index in [4.69, 9.17) is 14.1 Å². The predicted octanol–water partition coefficient (Wildman–Crippen LogP) is 2.65. The van der Waals surface area contributed by atoms with Crippen LogP contribution in [0.2, 0.25) is 0 Å². The first-order valence-corrected chi connectivity index (χ1v) is 11.6. The van der Waals surface area contributed by atoms with Crippen LogP contribution >= 0.6 is 0 Å². The van der Waals surface area contributed by atoms with E-state index >= 15 is 0 Å². The molecule has 0 spiro atoms. The predicted molar refractivity (Wildman–Crippen MR) is 136 cm³/mol. The zero-order valence-electron chi connectivity index (χ0n) is 21.0. The summed E-state index contributed by atoms with van der Waals surface area (Å²) in [5, 5.41) is 13.7. The number of rotatable bonds is 5. The van der Waals surface area contributed by atoms with E-state index in [9.17, 15) is 9.90 Å². The molecule has 7 nitrogen and oxygen atoms in total. The number of pyridine rings is 1. The Bertz CT molecular complexity index is 1800.